The lowest BCUT2D eigenvalue weighted by Gasteiger charge is -2.32. The first-order chi connectivity index (χ1) is 6.75. The van der Waals surface area contributed by atoms with Crippen LogP contribution in [0.5, 0.6) is 0 Å². The van der Waals surface area contributed by atoms with Crippen LogP contribution in [0.2, 0.25) is 0 Å². The summed E-state index contributed by atoms with van der Waals surface area (Å²) in [5.41, 5.74) is 0. The monoisotopic (exact) mass is 196 g/mol. The summed E-state index contributed by atoms with van der Waals surface area (Å²) in [6.07, 6.45) is 4.28. The van der Waals surface area contributed by atoms with Crippen molar-refractivity contribution in [2.45, 2.75) is 50.6 Å². The van der Waals surface area contributed by atoms with Crippen LogP contribution in [-0.4, -0.2) is 41.8 Å². The molecule has 78 valence electrons. The van der Waals surface area contributed by atoms with Crippen LogP contribution in [0.4, 0.5) is 0 Å². The van der Waals surface area contributed by atoms with E-state index in [1.165, 1.54) is 6.42 Å². The Morgan fingerprint density at radius 2 is 2.36 bits per heavy atom. The fourth-order valence-corrected chi connectivity index (χ4v) is 3.02. The molecule has 2 bridgehead atoms. The Bertz CT molecular complexity index is 269. The van der Waals surface area contributed by atoms with Crippen LogP contribution in [0.25, 0.3) is 0 Å². The molecule has 1 N–H and O–H groups in total. The lowest BCUT2D eigenvalue weighted by molar-refractivity contribution is -0.131. The topological polar surface area (TPSA) is 41.6 Å². The van der Waals surface area contributed by atoms with Crippen molar-refractivity contribution in [1.82, 2.24) is 10.2 Å². The van der Waals surface area contributed by atoms with Crippen LogP contribution in [0.15, 0.2) is 0 Å². The molecule has 14 heavy (non-hydrogen) atoms. The van der Waals surface area contributed by atoms with Crippen LogP contribution in [0, 0.1) is 0 Å². The summed E-state index contributed by atoms with van der Waals surface area (Å²) in [5.74, 6) is 0.235. The second-order valence-electron chi connectivity index (χ2n) is 4.53. The molecule has 4 nitrogen and oxygen atoms in total. The third-order valence-electron chi connectivity index (χ3n) is 3.69. The van der Waals surface area contributed by atoms with Gasteiger partial charge < -0.3 is 9.64 Å². The zero-order valence-corrected chi connectivity index (χ0v) is 8.40. The molecule has 1 amide bonds. The van der Waals surface area contributed by atoms with E-state index in [0.717, 1.165) is 12.8 Å². The Hall–Kier alpha value is -0.610. The number of fused-ring (bicyclic) bond motifs is 2. The molecule has 0 aliphatic carbocycles. The molecule has 0 spiro atoms. The highest BCUT2D eigenvalue weighted by Crippen LogP contribution is 2.38. The molecule has 4 atom stereocenters. The lowest BCUT2D eigenvalue weighted by atomic mass is 9.94. The van der Waals surface area contributed by atoms with Gasteiger partial charge in [0, 0.05) is 0 Å². The van der Waals surface area contributed by atoms with E-state index in [2.05, 4.69) is 12.2 Å². The fraction of sp³-hybridized carbons (Fsp3) is 0.900. The highest BCUT2D eigenvalue weighted by molar-refractivity contribution is 5.81. The first-order valence-corrected chi connectivity index (χ1v) is 5.45. The van der Waals surface area contributed by atoms with Gasteiger partial charge in [0.25, 0.3) is 0 Å². The molecular formula is C10H16N2O2. The number of amides is 1. The van der Waals surface area contributed by atoms with E-state index < -0.39 is 0 Å². The molecule has 0 aromatic rings. The van der Waals surface area contributed by atoms with E-state index in [1.807, 2.05) is 4.90 Å². The van der Waals surface area contributed by atoms with Gasteiger partial charge in [0.05, 0.1) is 31.0 Å². The largest absolute Gasteiger partial charge is 0.373 e. The van der Waals surface area contributed by atoms with Crippen LogP contribution in [0.3, 0.4) is 0 Å². The first kappa shape index (κ1) is 8.68. The zero-order valence-electron chi connectivity index (χ0n) is 8.40. The molecule has 3 heterocycles. The Balaban J connectivity index is 1.79. The summed E-state index contributed by atoms with van der Waals surface area (Å²) in [4.78, 5) is 13.6. The third-order valence-corrected chi connectivity index (χ3v) is 3.69. The minimum Gasteiger partial charge on any atom is -0.373 e. The van der Waals surface area contributed by atoms with Crippen molar-refractivity contribution < 1.29 is 9.53 Å². The predicted molar refractivity (Wildman–Crippen MR) is 50.6 cm³/mol. The third kappa shape index (κ3) is 1.10. The van der Waals surface area contributed by atoms with Crippen molar-refractivity contribution in [3.05, 3.63) is 0 Å². The number of nitrogens with zero attached hydrogens (tertiary/aromatic N) is 1. The normalized spacial score (nSPS) is 46.6. The van der Waals surface area contributed by atoms with E-state index in [4.69, 9.17) is 4.74 Å². The van der Waals surface area contributed by atoms with Crippen molar-refractivity contribution >= 4 is 5.91 Å². The molecule has 3 aliphatic heterocycles. The Morgan fingerprint density at radius 3 is 2.86 bits per heavy atom. The van der Waals surface area contributed by atoms with Crippen molar-refractivity contribution in [3.8, 4) is 0 Å². The maximum atomic E-state index is 11.7. The van der Waals surface area contributed by atoms with E-state index in [0.29, 0.717) is 24.8 Å². The predicted octanol–water partition coefficient (Wildman–Crippen LogP) is 0.0841. The van der Waals surface area contributed by atoms with Gasteiger partial charge >= 0.3 is 0 Å². The SMILES string of the molecule is CC1NCC(=O)N1C1CC2CCC1O2. The molecule has 0 radical (unpaired) electrons. The van der Waals surface area contributed by atoms with Gasteiger partial charge in [-0.05, 0) is 26.2 Å². The zero-order chi connectivity index (χ0) is 9.71. The number of hydrogen-bond acceptors (Lipinski definition) is 3. The fourth-order valence-electron chi connectivity index (χ4n) is 3.02. The lowest BCUT2D eigenvalue weighted by Crippen LogP contribution is -2.47. The Labute approximate surface area is 83.6 Å². The quantitative estimate of drug-likeness (QED) is 0.646. The molecular weight excluding hydrogens is 180 g/mol. The van der Waals surface area contributed by atoms with E-state index in [-0.39, 0.29) is 12.1 Å². The van der Waals surface area contributed by atoms with E-state index in [1.54, 1.807) is 0 Å². The summed E-state index contributed by atoms with van der Waals surface area (Å²) >= 11 is 0. The number of hydrogen-bond donors (Lipinski definition) is 1. The number of rotatable bonds is 1. The summed E-state index contributed by atoms with van der Waals surface area (Å²) in [5, 5.41) is 3.18. The number of nitrogens with one attached hydrogen (secondary N) is 1. The van der Waals surface area contributed by atoms with Crippen molar-refractivity contribution in [1.29, 1.82) is 0 Å². The van der Waals surface area contributed by atoms with Gasteiger partial charge in [-0.1, -0.05) is 0 Å². The van der Waals surface area contributed by atoms with E-state index >= 15 is 0 Å². The van der Waals surface area contributed by atoms with Crippen LogP contribution in [0.1, 0.15) is 26.2 Å². The number of ether oxygens (including phenoxy) is 1. The molecule has 3 rings (SSSR count). The average Bonchev–Trinajstić information content (AvgIpc) is 2.81. The van der Waals surface area contributed by atoms with Gasteiger partial charge in [-0.3, -0.25) is 10.1 Å². The van der Waals surface area contributed by atoms with Gasteiger partial charge in [0.2, 0.25) is 5.91 Å². The maximum Gasteiger partial charge on any atom is 0.238 e. The van der Waals surface area contributed by atoms with Crippen LogP contribution in [-0.2, 0) is 9.53 Å². The van der Waals surface area contributed by atoms with Gasteiger partial charge in [-0.2, -0.15) is 0 Å². The molecule has 4 heteroatoms. The maximum absolute atomic E-state index is 11.7. The molecule has 4 unspecified atom stereocenters. The average molecular weight is 196 g/mol. The Kier molecular flexibility index (Phi) is 1.82. The standard InChI is InChI=1S/C10H16N2O2/c1-6-11-5-10(13)12(6)8-4-7-2-3-9(8)14-7/h6-9,11H,2-5H2,1H3. The van der Waals surface area contributed by atoms with Crippen LogP contribution < -0.4 is 5.32 Å². The van der Waals surface area contributed by atoms with Gasteiger partial charge in [-0.25, -0.2) is 0 Å². The molecule has 0 aromatic carbocycles. The van der Waals surface area contributed by atoms with Crippen molar-refractivity contribution in [3.63, 3.8) is 0 Å². The van der Waals surface area contributed by atoms with Gasteiger partial charge in [0.1, 0.15) is 0 Å². The van der Waals surface area contributed by atoms with Crippen molar-refractivity contribution in [2.75, 3.05) is 6.54 Å². The summed E-state index contributed by atoms with van der Waals surface area (Å²) < 4.78 is 5.77. The minimum atomic E-state index is 0.190. The van der Waals surface area contributed by atoms with E-state index in [9.17, 15) is 4.79 Å². The highest BCUT2D eigenvalue weighted by atomic mass is 16.5. The molecule has 3 saturated heterocycles. The van der Waals surface area contributed by atoms with Gasteiger partial charge in [-0.15, -0.1) is 0 Å². The molecule has 3 aliphatic rings. The highest BCUT2D eigenvalue weighted by Gasteiger charge is 2.47. The van der Waals surface area contributed by atoms with Crippen molar-refractivity contribution in [2.24, 2.45) is 0 Å². The Morgan fingerprint density at radius 1 is 1.50 bits per heavy atom. The van der Waals surface area contributed by atoms with Crippen LogP contribution >= 0.6 is 0 Å². The molecule has 0 aromatic heterocycles. The second-order valence-corrected chi connectivity index (χ2v) is 4.53. The van der Waals surface area contributed by atoms with Gasteiger partial charge in [0.15, 0.2) is 0 Å². The smallest absolute Gasteiger partial charge is 0.238 e. The molecule has 0 saturated carbocycles. The summed E-state index contributed by atoms with van der Waals surface area (Å²) in [7, 11) is 0. The summed E-state index contributed by atoms with van der Waals surface area (Å²) in [6.45, 7) is 2.55. The second kappa shape index (κ2) is 2.94. The number of carbonyl (C=O) groups is 1. The molecule has 3 fully saturated rings. The first-order valence-electron chi connectivity index (χ1n) is 5.45. The number of carbonyl (C=O) groups excluding carboxylic acids is 1. The summed E-state index contributed by atoms with van der Waals surface area (Å²) in [6, 6.07) is 0.339. The minimum absolute atomic E-state index is 0.190.